The van der Waals surface area contributed by atoms with Gasteiger partial charge in [0.15, 0.2) is 5.78 Å². The molecule has 0 amide bonds. The first-order valence-electron chi connectivity index (χ1n) is 13.3. The summed E-state index contributed by atoms with van der Waals surface area (Å²) in [5, 5.41) is 10.8. The molecule has 0 aliphatic heterocycles. The molecule has 0 aromatic rings. The lowest BCUT2D eigenvalue weighted by Crippen LogP contribution is -2.66. The Bertz CT molecular complexity index is 808. The Balaban J connectivity index is 1.62. The highest BCUT2D eigenvalue weighted by atomic mass is 16.3. The molecule has 31 heavy (non-hydrogen) atoms. The van der Waals surface area contributed by atoms with Crippen LogP contribution >= 0.6 is 0 Å². The summed E-state index contributed by atoms with van der Waals surface area (Å²) in [4.78, 5) is 14.1. The molecule has 4 saturated carbocycles. The van der Waals surface area contributed by atoms with Gasteiger partial charge in [-0.3, -0.25) is 4.79 Å². The fraction of sp³-hybridized carbons (Fsp3) is 0.897. The third-order valence-electron chi connectivity index (χ3n) is 12.6. The second-order valence-corrected chi connectivity index (χ2v) is 13.9. The van der Waals surface area contributed by atoms with E-state index in [9.17, 15) is 9.90 Å². The maximum atomic E-state index is 14.1. The number of hydrogen-bond donors (Lipinski definition) is 1. The summed E-state index contributed by atoms with van der Waals surface area (Å²) < 4.78 is 0. The van der Waals surface area contributed by atoms with Crippen LogP contribution in [-0.2, 0) is 4.79 Å². The van der Waals surface area contributed by atoms with Crippen molar-refractivity contribution in [3.63, 3.8) is 0 Å². The molecule has 2 nitrogen and oxygen atoms in total. The molecular formula is C29H46O2. The van der Waals surface area contributed by atoms with E-state index in [1.807, 2.05) is 0 Å². The van der Waals surface area contributed by atoms with Crippen molar-refractivity contribution in [3.05, 3.63) is 11.6 Å². The number of carbonyl (C=O) groups excluding carboxylic acids is 1. The van der Waals surface area contributed by atoms with Crippen LogP contribution in [0, 0.1) is 57.2 Å². The summed E-state index contributed by atoms with van der Waals surface area (Å²) in [5.41, 5.74) is 1.63. The van der Waals surface area contributed by atoms with Gasteiger partial charge in [0.1, 0.15) is 0 Å². The molecule has 174 valence electrons. The smallest absolute Gasteiger partial charge is 0.159 e. The van der Waals surface area contributed by atoms with E-state index in [-0.39, 0.29) is 33.7 Å². The number of rotatable bonds is 0. The molecule has 5 rings (SSSR count). The Morgan fingerprint density at radius 2 is 1.61 bits per heavy atom. The van der Waals surface area contributed by atoms with Gasteiger partial charge in [-0.25, -0.2) is 0 Å². The highest BCUT2D eigenvalue weighted by Gasteiger charge is 2.69. The minimum absolute atomic E-state index is 0.000173. The predicted octanol–water partition coefficient (Wildman–Crippen LogP) is 6.81. The topological polar surface area (TPSA) is 37.3 Å². The number of ketones is 1. The number of aliphatic hydroxyl groups excluding tert-OH is 1. The molecule has 0 bridgehead atoms. The fourth-order valence-corrected chi connectivity index (χ4v) is 10.3. The second-order valence-electron chi connectivity index (χ2n) is 13.9. The average molecular weight is 427 g/mol. The first kappa shape index (κ1) is 22.2. The van der Waals surface area contributed by atoms with Gasteiger partial charge in [0.25, 0.3) is 0 Å². The van der Waals surface area contributed by atoms with Crippen LogP contribution in [0.2, 0.25) is 0 Å². The molecule has 0 aromatic carbocycles. The lowest BCUT2D eigenvalue weighted by molar-refractivity contribution is -0.200. The van der Waals surface area contributed by atoms with Gasteiger partial charge in [-0.05, 0) is 102 Å². The van der Waals surface area contributed by atoms with E-state index in [4.69, 9.17) is 0 Å². The van der Waals surface area contributed by atoms with E-state index in [0.717, 1.165) is 37.5 Å². The van der Waals surface area contributed by atoms with E-state index in [1.165, 1.54) is 25.7 Å². The summed E-state index contributed by atoms with van der Waals surface area (Å²) in [6.07, 6.45) is 11.4. The van der Waals surface area contributed by atoms with E-state index < -0.39 is 0 Å². The molecule has 10 atom stereocenters. The number of aliphatic hydroxyl groups is 1. The lowest BCUT2D eigenvalue weighted by atomic mass is 9.34. The summed E-state index contributed by atoms with van der Waals surface area (Å²) in [5.74, 6) is 3.81. The monoisotopic (exact) mass is 426 g/mol. The Morgan fingerprint density at radius 1 is 0.903 bits per heavy atom. The molecule has 0 spiro atoms. The SMILES string of the molecule is CC1CCC2CCC3(C)C(=CC(=O)C4C5(C)CCC(O)C(C)(C)C5CCC43C)C2C1C. The van der Waals surface area contributed by atoms with Crippen LogP contribution in [-0.4, -0.2) is 17.0 Å². The second kappa shape index (κ2) is 6.71. The molecule has 0 radical (unpaired) electrons. The van der Waals surface area contributed by atoms with Crippen molar-refractivity contribution < 1.29 is 9.90 Å². The minimum Gasteiger partial charge on any atom is -0.393 e. The largest absolute Gasteiger partial charge is 0.393 e. The fourth-order valence-electron chi connectivity index (χ4n) is 10.3. The number of carbonyl (C=O) groups is 1. The van der Waals surface area contributed by atoms with Gasteiger partial charge in [0.05, 0.1) is 6.10 Å². The summed E-state index contributed by atoms with van der Waals surface area (Å²) >= 11 is 0. The molecule has 5 aliphatic carbocycles. The summed E-state index contributed by atoms with van der Waals surface area (Å²) in [6.45, 7) is 16.9. The Morgan fingerprint density at radius 3 is 2.32 bits per heavy atom. The Labute approximate surface area is 190 Å². The van der Waals surface area contributed by atoms with E-state index >= 15 is 0 Å². The first-order valence-corrected chi connectivity index (χ1v) is 13.3. The third kappa shape index (κ3) is 2.64. The average Bonchev–Trinajstić information content (AvgIpc) is 2.69. The van der Waals surface area contributed by atoms with E-state index in [2.05, 4.69) is 54.5 Å². The van der Waals surface area contributed by atoms with Gasteiger partial charge >= 0.3 is 0 Å². The molecular weight excluding hydrogens is 380 g/mol. The van der Waals surface area contributed by atoms with Crippen molar-refractivity contribution in [2.75, 3.05) is 0 Å². The van der Waals surface area contributed by atoms with Gasteiger partial charge in [0, 0.05) is 5.92 Å². The van der Waals surface area contributed by atoms with Gasteiger partial charge in [-0.1, -0.05) is 60.5 Å². The quantitative estimate of drug-likeness (QED) is 0.462. The third-order valence-corrected chi connectivity index (χ3v) is 12.6. The van der Waals surface area contributed by atoms with Gasteiger partial charge < -0.3 is 5.11 Å². The normalized spacial score (nSPS) is 55.9. The van der Waals surface area contributed by atoms with Gasteiger partial charge in [0.2, 0.25) is 0 Å². The highest BCUT2D eigenvalue weighted by molar-refractivity contribution is 5.95. The minimum atomic E-state index is -0.240. The van der Waals surface area contributed by atoms with Crippen molar-refractivity contribution in [2.24, 2.45) is 57.2 Å². The lowest BCUT2D eigenvalue weighted by Gasteiger charge is -2.69. The Hall–Kier alpha value is -0.630. The van der Waals surface area contributed by atoms with Crippen LogP contribution < -0.4 is 0 Å². The number of allylic oxidation sites excluding steroid dienone is 2. The molecule has 2 heteroatoms. The Kier molecular flexibility index (Phi) is 4.80. The zero-order valence-corrected chi connectivity index (χ0v) is 21.1. The van der Waals surface area contributed by atoms with Crippen LogP contribution in [0.1, 0.15) is 99.8 Å². The van der Waals surface area contributed by atoms with Crippen LogP contribution in [0.15, 0.2) is 11.6 Å². The zero-order valence-electron chi connectivity index (χ0n) is 21.1. The summed E-state index contributed by atoms with van der Waals surface area (Å²) in [7, 11) is 0. The molecule has 4 fully saturated rings. The van der Waals surface area contributed by atoms with Gasteiger partial charge in [-0.15, -0.1) is 0 Å². The van der Waals surface area contributed by atoms with E-state index in [1.54, 1.807) is 5.57 Å². The molecule has 5 aliphatic rings. The van der Waals surface area contributed by atoms with Crippen LogP contribution in [0.5, 0.6) is 0 Å². The first-order chi connectivity index (χ1) is 14.4. The molecule has 0 saturated heterocycles. The van der Waals surface area contributed by atoms with Crippen molar-refractivity contribution >= 4 is 5.78 Å². The van der Waals surface area contributed by atoms with Crippen LogP contribution in [0.4, 0.5) is 0 Å². The number of fused-ring (bicyclic) bond motifs is 7. The highest BCUT2D eigenvalue weighted by Crippen LogP contribution is 2.73. The maximum Gasteiger partial charge on any atom is 0.159 e. The molecule has 0 aromatic heterocycles. The summed E-state index contributed by atoms with van der Waals surface area (Å²) in [6, 6.07) is 0. The van der Waals surface area contributed by atoms with Crippen molar-refractivity contribution in [1.29, 1.82) is 0 Å². The molecule has 1 N–H and O–H groups in total. The van der Waals surface area contributed by atoms with Crippen molar-refractivity contribution in [3.8, 4) is 0 Å². The van der Waals surface area contributed by atoms with Crippen LogP contribution in [0.3, 0.4) is 0 Å². The van der Waals surface area contributed by atoms with E-state index in [0.29, 0.717) is 23.5 Å². The molecule has 10 unspecified atom stereocenters. The van der Waals surface area contributed by atoms with Gasteiger partial charge in [-0.2, -0.15) is 0 Å². The zero-order chi connectivity index (χ0) is 22.6. The standard InChI is InChI=1S/C29H46O2/c1-17-8-9-19-10-14-28(6)20(24(19)18(17)2)16-21(30)25-27(5)13-12-23(31)26(3,4)22(27)11-15-29(25,28)7/h16-19,22-25,31H,8-15H2,1-7H3. The van der Waals surface area contributed by atoms with Crippen molar-refractivity contribution in [1.82, 2.24) is 0 Å². The molecule has 0 heterocycles. The van der Waals surface area contributed by atoms with Crippen molar-refractivity contribution in [2.45, 2.75) is 106 Å². The van der Waals surface area contributed by atoms with Crippen LogP contribution in [0.25, 0.3) is 0 Å². The number of hydrogen-bond acceptors (Lipinski definition) is 2. The predicted molar refractivity (Wildman–Crippen MR) is 126 cm³/mol. The maximum absolute atomic E-state index is 14.1.